The number of anilines is 2. The van der Waals surface area contributed by atoms with Crippen LogP contribution in [0.3, 0.4) is 0 Å². The van der Waals surface area contributed by atoms with Crippen LogP contribution in [-0.4, -0.2) is 54.9 Å². The molecule has 6 rings (SSSR count). The Labute approximate surface area is 226 Å². The number of nitrogens with two attached hydrogens (primary N) is 1. The molecule has 1 aromatic carbocycles. The molecule has 2 saturated heterocycles. The van der Waals surface area contributed by atoms with Gasteiger partial charge in [0.1, 0.15) is 34.8 Å². The molecular formula is C27H24F3N7O3. The van der Waals surface area contributed by atoms with Crippen molar-refractivity contribution in [2.75, 3.05) is 17.6 Å². The molecule has 2 amide bonds. The average Bonchev–Trinajstić information content (AvgIpc) is 3.46. The normalized spacial score (nSPS) is 20.9. The fraction of sp³-hybridized carbons (Fsp3) is 0.296. The molecule has 4 aromatic rings. The molecule has 40 heavy (non-hydrogen) atoms. The summed E-state index contributed by atoms with van der Waals surface area (Å²) < 4.78 is 46.3. The maximum Gasteiger partial charge on any atom is 0.416 e. The minimum Gasteiger partial charge on any atom is -0.444 e. The van der Waals surface area contributed by atoms with Crippen LogP contribution in [0.2, 0.25) is 0 Å². The van der Waals surface area contributed by atoms with E-state index in [1.54, 1.807) is 41.6 Å². The highest BCUT2D eigenvalue weighted by Gasteiger charge is 2.44. The van der Waals surface area contributed by atoms with Gasteiger partial charge in [0.25, 0.3) is 5.91 Å². The van der Waals surface area contributed by atoms with Crippen LogP contribution in [0.1, 0.15) is 47.4 Å². The molecule has 3 atom stereocenters. The number of hydrogen-bond acceptors (Lipinski definition) is 7. The first-order chi connectivity index (χ1) is 19.1. The predicted octanol–water partition coefficient (Wildman–Crippen LogP) is 4.73. The molecule has 5 heterocycles. The molecule has 3 aromatic heterocycles. The number of nitrogens with zero attached hydrogens (tertiary/aromatic N) is 5. The Bertz CT molecular complexity index is 1620. The summed E-state index contributed by atoms with van der Waals surface area (Å²) in [4.78, 5) is 39.8. The number of rotatable bonds is 4. The van der Waals surface area contributed by atoms with Crippen molar-refractivity contribution in [2.24, 2.45) is 0 Å². The van der Waals surface area contributed by atoms with E-state index in [2.05, 4.69) is 15.3 Å². The number of ether oxygens (including phenoxy) is 1. The van der Waals surface area contributed by atoms with Crippen LogP contribution in [0, 0.1) is 0 Å². The fourth-order valence-corrected chi connectivity index (χ4v) is 5.43. The van der Waals surface area contributed by atoms with E-state index in [0.29, 0.717) is 23.3 Å². The van der Waals surface area contributed by atoms with Gasteiger partial charge in [-0.1, -0.05) is 12.1 Å². The monoisotopic (exact) mass is 551 g/mol. The van der Waals surface area contributed by atoms with Crippen LogP contribution < -0.4 is 11.1 Å². The molecule has 2 fully saturated rings. The predicted molar refractivity (Wildman–Crippen MR) is 138 cm³/mol. The maximum absolute atomic E-state index is 13.0. The molecule has 3 N–H and O–H groups in total. The van der Waals surface area contributed by atoms with E-state index in [4.69, 9.17) is 15.5 Å². The third kappa shape index (κ3) is 4.46. The lowest BCUT2D eigenvalue weighted by molar-refractivity contribution is -0.137. The summed E-state index contributed by atoms with van der Waals surface area (Å²) in [7, 11) is 0. The van der Waals surface area contributed by atoms with Crippen molar-refractivity contribution >= 4 is 29.2 Å². The summed E-state index contributed by atoms with van der Waals surface area (Å²) >= 11 is 0. The molecule has 0 bridgehead atoms. The van der Waals surface area contributed by atoms with E-state index in [1.807, 2.05) is 11.3 Å². The largest absolute Gasteiger partial charge is 0.444 e. The molecule has 206 valence electrons. The second-order valence-corrected chi connectivity index (χ2v) is 9.89. The number of amides is 2. The zero-order valence-corrected chi connectivity index (χ0v) is 21.2. The Hall–Kier alpha value is -4.68. The fourth-order valence-electron chi connectivity index (χ4n) is 5.43. The van der Waals surface area contributed by atoms with Gasteiger partial charge in [0.2, 0.25) is 0 Å². The number of hydrogen-bond donors (Lipinski definition) is 2. The van der Waals surface area contributed by atoms with Crippen molar-refractivity contribution in [1.29, 1.82) is 0 Å². The van der Waals surface area contributed by atoms with Gasteiger partial charge in [0.15, 0.2) is 0 Å². The second-order valence-electron chi connectivity index (χ2n) is 9.89. The van der Waals surface area contributed by atoms with Gasteiger partial charge in [0, 0.05) is 42.2 Å². The van der Waals surface area contributed by atoms with Gasteiger partial charge < -0.3 is 20.7 Å². The summed E-state index contributed by atoms with van der Waals surface area (Å²) in [5.74, 6) is 0.137. The Morgan fingerprint density at radius 3 is 2.65 bits per heavy atom. The molecule has 0 unspecified atom stereocenters. The molecule has 0 saturated carbocycles. The number of piperidine rings is 1. The van der Waals surface area contributed by atoms with E-state index in [9.17, 15) is 22.8 Å². The quantitative estimate of drug-likeness (QED) is 0.375. The second kappa shape index (κ2) is 9.50. The van der Waals surface area contributed by atoms with Crippen LogP contribution in [0.15, 0.2) is 55.0 Å². The standard InChI is InChI=1S/C27H24F3N7O3/c1-14-19-7-6-17(13-37(19)26(39)40-14)24-35-21(22-23(31)33-10-11-36(22)24)15-2-4-16(5-3-15)25(38)34-20-12-18(8-9-32-20)27(28,29)30/h2-5,8-12,14,17,19H,6-7,13H2,1H3,(H2,31,33)(H,32,34,38)/t14-,17+,19-/m0/s1. The molecule has 0 aliphatic carbocycles. The number of alkyl halides is 3. The zero-order chi connectivity index (χ0) is 28.2. The van der Waals surface area contributed by atoms with Crippen LogP contribution >= 0.6 is 0 Å². The van der Waals surface area contributed by atoms with Crippen molar-refractivity contribution in [3.63, 3.8) is 0 Å². The molecule has 2 aliphatic rings. The number of nitrogens with one attached hydrogen (secondary N) is 1. The minimum atomic E-state index is -4.55. The number of fused-ring (bicyclic) bond motifs is 2. The zero-order valence-electron chi connectivity index (χ0n) is 21.2. The minimum absolute atomic E-state index is 0.0472. The molecule has 0 spiro atoms. The lowest BCUT2D eigenvalue weighted by Gasteiger charge is -2.33. The number of carbonyl (C=O) groups excluding carboxylic acids is 2. The van der Waals surface area contributed by atoms with Gasteiger partial charge in [0.05, 0.1) is 11.6 Å². The van der Waals surface area contributed by atoms with Crippen LogP contribution in [0.25, 0.3) is 16.8 Å². The highest BCUT2D eigenvalue weighted by Crippen LogP contribution is 2.38. The van der Waals surface area contributed by atoms with Crippen molar-refractivity contribution in [2.45, 2.75) is 44.0 Å². The first kappa shape index (κ1) is 25.6. The third-order valence-electron chi connectivity index (χ3n) is 7.42. The molecule has 10 nitrogen and oxygen atoms in total. The van der Waals surface area contributed by atoms with Gasteiger partial charge in [-0.2, -0.15) is 13.2 Å². The highest BCUT2D eigenvalue weighted by atomic mass is 19.4. The maximum atomic E-state index is 13.0. The van der Waals surface area contributed by atoms with Crippen LogP contribution in [-0.2, 0) is 10.9 Å². The Morgan fingerprint density at radius 1 is 1.12 bits per heavy atom. The first-order valence-electron chi connectivity index (χ1n) is 12.6. The van der Waals surface area contributed by atoms with Crippen molar-refractivity contribution in [1.82, 2.24) is 24.3 Å². The number of carbonyl (C=O) groups is 2. The van der Waals surface area contributed by atoms with E-state index in [-0.39, 0.29) is 41.4 Å². The van der Waals surface area contributed by atoms with Crippen LogP contribution in [0.5, 0.6) is 0 Å². The summed E-state index contributed by atoms with van der Waals surface area (Å²) in [6.07, 6.45) is 0.921. The average molecular weight is 552 g/mol. The summed E-state index contributed by atoms with van der Waals surface area (Å²) in [5, 5.41) is 2.40. The number of cyclic esters (lactones) is 1. The SMILES string of the molecule is C[C@@H]1OC(=O)N2C[C@H](c3nc(-c4ccc(C(=O)Nc5cc(C(F)(F)F)ccn5)cc4)c4c(N)nccn34)CC[C@@H]12. The molecular weight excluding hydrogens is 527 g/mol. The van der Waals surface area contributed by atoms with E-state index in [0.717, 1.165) is 37.0 Å². The number of nitrogen functional groups attached to an aromatic ring is 1. The van der Waals surface area contributed by atoms with Gasteiger partial charge in [-0.05, 0) is 44.0 Å². The van der Waals surface area contributed by atoms with Gasteiger partial charge in [-0.3, -0.25) is 9.20 Å². The smallest absolute Gasteiger partial charge is 0.416 e. The number of halogens is 3. The first-order valence-corrected chi connectivity index (χ1v) is 12.6. The number of benzene rings is 1. The lowest BCUT2D eigenvalue weighted by Crippen LogP contribution is -2.43. The number of imidazole rings is 1. The molecule has 2 aliphatic heterocycles. The number of pyridine rings is 1. The summed E-state index contributed by atoms with van der Waals surface area (Å²) in [6, 6.07) is 8.11. The Morgan fingerprint density at radius 2 is 1.90 bits per heavy atom. The third-order valence-corrected chi connectivity index (χ3v) is 7.42. The highest BCUT2D eigenvalue weighted by molar-refractivity contribution is 6.04. The van der Waals surface area contributed by atoms with E-state index >= 15 is 0 Å². The van der Waals surface area contributed by atoms with Gasteiger partial charge in [-0.15, -0.1) is 0 Å². The van der Waals surface area contributed by atoms with E-state index < -0.39 is 17.6 Å². The topological polar surface area (TPSA) is 128 Å². The Balaban J connectivity index is 1.28. The van der Waals surface area contributed by atoms with Crippen molar-refractivity contribution in [3.8, 4) is 11.3 Å². The number of aromatic nitrogens is 4. The van der Waals surface area contributed by atoms with E-state index in [1.165, 1.54) is 0 Å². The summed E-state index contributed by atoms with van der Waals surface area (Å²) in [5.41, 5.74) is 7.40. The molecule has 13 heteroatoms. The molecule has 0 radical (unpaired) electrons. The summed E-state index contributed by atoms with van der Waals surface area (Å²) in [6.45, 7) is 2.37. The van der Waals surface area contributed by atoms with Gasteiger partial charge >= 0.3 is 12.3 Å². The van der Waals surface area contributed by atoms with Crippen molar-refractivity contribution in [3.05, 3.63) is 71.9 Å². The Kier molecular flexibility index (Phi) is 6.08. The van der Waals surface area contributed by atoms with Gasteiger partial charge in [-0.25, -0.2) is 19.7 Å². The lowest BCUT2D eigenvalue weighted by atomic mass is 9.91. The van der Waals surface area contributed by atoms with Crippen molar-refractivity contribution < 1.29 is 27.5 Å². The van der Waals surface area contributed by atoms with Crippen LogP contribution in [0.4, 0.5) is 29.6 Å².